The van der Waals surface area contributed by atoms with E-state index >= 15 is 0 Å². The summed E-state index contributed by atoms with van der Waals surface area (Å²) in [5.74, 6) is 0.151. The lowest BCUT2D eigenvalue weighted by Crippen LogP contribution is -2.27. The first kappa shape index (κ1) is 17.4. The minimum Gasteiger partial charge on any atom is -0.396 e. The molecule has 4 heteroatoms. The average molecular weight is 259 g/mol. The number of amides is 1. The third-order valence-electron chi connectivity index (χ3n) is 2.86. The fraction of sp³-hybridized carbons (Fsp3) is 0.929. The van der Waals surface area contributed by atoms with Gasteiger partial charge in [0.15, 0.2) is 0 Å². The molecule has 0 saturated heterocycles. The first-order valence-corrected chi connectivity index (χ1v) is 7.03. The smallest absolute Gasteiger partial charge is 0.219 e. The molecular weight excluding hydrogens is 230 g/mol. The molecule has 0 aliphatic carbocycles. The fourth-order valence-corrected chi connectivity index (χ4v) is 1.57. The van der Waals surface area contributed by atoms with Gasteiger partial charge in [0.2, 0.25) is 5.91 Å². The second kappa shape index (κ2) is 10.3. The van der Waals surface area contributed by atoms with Crippen LogP contribution in [-0.2, 0) is 9.53 Å². The largest absolute Gasteiger partial charge is 0.396 e. The van der Waals surface area contributed by atoms with Gasteiger partial charge in [-0.2, -0.15) is 0 Å². The van der Waals surface area contributed by atoms with E-state index in [1.165, 1.54) is 0 Å². The van der Waals surface area contributed by atoms with Gasteiger partial charge in [0, 0.05) is 26.2 Å². The van der Waals surface area contributed by atoms with Gasteiger partial charge in [-0.1, -0.05) is 13.3 Å². The summed E-state index contributed by atoms with van der Waals surface area (Å²) in [6, 6.07) is 0. The van der Waals surface area contributed by atoms with E-state index in [2.05, 4.69) is 12.2 Å². The zero-order valence-electron chi connectivity index (χ0n) is 12.1. The molecule has 0 spiro atoms. The number of hydrogen-bond acceptors (Lipinski definition) is 3. The predicted molar refractivity (Wildman–Crippen MR) is 73.5 cm³/mol. The molecule has 0 aromatic carbocycles. The molecule has 0 saturated carbocycles. The normalized spacial score (nSPS) is 11.6. The Morgan fingerprint density at radius 2 is 2.00 bits per heavy atom. The number of hydrogen-bond donors (Lipinski definition) is 2. The van der Waals surface area contributed by atoms with E-state index in [0.29, 0.717) is 19.4 Å². The molecule has 2 N–H and O–H groups in total. The van der Waals surface area contributed by atoms with E-state index < -0.39 is 0 Å². The SMILES string of the molecule is CCCCC(=O)NCCCCOC(C)(C)CCO. The van der Waals surface area contributed by atoms with Crippen LogP contribution in [0.1, 0.15) is 59.3 Å². The Kier molecular flexibility index (Phi) is 9.98. The van der Waals surface area contributed by atoms with Gasteiger partial charge in [0.05, 0.1) is 5.60 Å². The second-order valence-corrected chi connectivity index (χ2v) is 5.24. The minimum atomic E-state index is -0.251. The van der Waals surface area contributed by atoms with E-state index in [-0.39, 0.29) is 18.1 Å². The van der Waals surface area contributed by atoms with Crippen molar-refractivity contribution in [3.05, 3.63) is 0 Å². The van der Waals surface area contributed by atoms with E-state index in [9.17, 15) is 4.79 Å². The highest BCUT2D eigenvalue weighted by Gasteiger charge is 2.16. The molecule has 18 heavy (non-hydrogen) atoms. The number of carbonyl (C=O) groups is 1. The lowest BCUT2D eigenvalue weighted by molar-refractivity contribution is -0.121. The molecule has 0 aromatic heterocycles. The molecule has 0 unspecified atom stereocenters. The molecule has 0 fully saturated rings. The number of aliphatic hydroxyl groups is 1. The predicted octanol–water partition coefficient (Wildman–Crippen LogP) is 2.25. The first-order valence-electron chi connectivity index (χ1n) is 7.03. The van der Waals surface area contributed by atoms with Crippen LogP contribution in [0.4, 0.5) is 0 Å². The molecule has 0 heterocycles. The minimum absolute atomic E-state index is 0.151. The Hall–Kier alpha value is -0.610. The van der Waals surface area contributed by atoms with Crippen molar-refractivity contribution in [2.45, 2.75) is 64.9 Å². The quantitative estimate of drug-likeness (QED) is 0.560. The monoisotopic (exact) mass is 259 g/mol. The highest BCUT2D eigenvalue weighted by molar-refractivity contribution is 5.75. The van der Waals surface area contributed by atoms with Gasteiger partial charge < -0.3 is 15.2 Å². The summed E-state index contributed by atoms with van der Waals surface area (Å²) in [7, 11) is 0. The molecule has 0 radical (unpaired) electrons. The van der Waals surface area contributed by atoms with Crippen LogP contribution in [0, 0.1) is 0 Å². The molecule has 1 amide bonds. The topological polar surface area (TPSA) is 58.6 Å². The van der Waals surface area contributed by atoms with E-state index in [0.717, 1.165) is 32.2 Å². The van der Waals surface area contributed by atoms with Gasteiger partial charge in [-0.05, 0) is 39.5 Å². The van der Waals surface area contributed by atoms with Crippen LogP contribution < -0.4 is 5.32 Å². The van der Waals surface area contributed by atoms with Gasteiger partial charge in [-0.25, -0.2) is 0 Å². The second-order valence-electron chi connectivity index (χ2n) is 5.24. The third kappa shape index (κ3) is 10.5. The zero-order valence-corrected chi connectivity index (χ0v) is 12.1. The maximum atomic E-state index is 11.3. The Balaban J connectivity index is 3.38. The van der Waals surface area contributed by atoms with E-state index in [1.54, 1.807) is 0 Å². The van der Waals surface area contributed by atoms with Crippen molar-refractivity contribution >= 4 is 5.91 Å². The average Bonchev–Trinajstić information content (AvgIpc) is 2.30. The van der Waals surface area contributed by atoms with Crippen molar-refractivity contribution in [2.24, 2.45) is 0 Å². The van der Waals surface area contributed by atoms with Crippen molar-refractivity contribution in [1.82, 2.24) is 5.32 Å². The van der Waals surface area contributed by atoms with Crippen LogP contribution in [-0.4, -0.2) is 36.4 Å². The number of carbonyl (C=O) groups excluding carboxylic acids is 1. The highest BCUT2D eigenvalue weighted by Crippen LogP contribution is 2.13. The standard InChI is InChI=1S/C14H29NO3/c1-4-5-8-13(17)15-10-6-7-12-18-14(2,3)9-11-16/h16H,4-12H2,1-3H3,(H,15,17). The maximum Gasteiger partial charge on any atom is 0.219 e. The lowest BCUT2D eigenvalue weighted by Gasteiger charge is -2.24. The van der Waals surface area contributed by atoms with Crippen molar-refractivity contribution in [3.8, 4) is 0 Å². The third-order valence-corrected chi connectivity index (χ3v) is 2.86. The van der Waals surface area contributed by atoms with Crippen molar-refractivity contribution in [1.29, 1.82) is 0 Å². The molecule has 0 aromatic rings. The number of rotatable bonds is 11. The Morgan fingerprint density at radius 1 is 1.28 bits per heavy atom. The summed E-state index contributed by atoms with van der Waals surface area (Å²) in [4.78, 5) is 11.3. The summed E-state index contributed by atoms with van der Waals surface area (Å²) < 4.78 is 5.67. The summed E-state index contributed by atoms with van der Waals surface area (Å²) in [6.45, 7) is 7.61. The summed E-state index contributed by atoms with van der Waals surface area (Å²) in [6.07, 6.45) is 5.18. The van der Waals surface area contributed by atoms with E-state index in [4.69, 9.17) is 9.84 Å². The zero-order chi connectivity index (χ0) is 13.9. The van der Waals surface area contributed by atoms with Gasteiger partial charge >= 0.3 is 0 Å². The molecular formula is C14H29NO3. The van der Waals surface area contributed by atoms with Gasteiger partial charge in [0.1, 0.15) is 0 Å². The van der Waals surface area contributed by atoms with Crippen molar-refractivity contribution in [2.75, 3.05) is 19.8 Å². The maximum absolute atomic E-state index is 11.3. The van der Waals surface area contributed by atoms with Crippen LogP contribution >= 0.6 is 0 Å². The van der Waals surface area contributed by atoms with E-state index in [1.807, 2.05) is 13.8 Å². The number of unbranched alkanes of at least 4 members (excludes halogenated alkanes) is 2. The summed E-state index contributed by atoms with van der Waals surface area (Å²) in [5.41, 5.74) is -0.251. The van der Waals surface area contributed by atoms with Gasteiger partial charge in [-0.15, -0.1) is 0 Å². The molecule has 0 atom stereocenters. The first-order chi connectivity index (χ1) is 8.52. The van der Waals surface area contributed by atoms with Gasteiger partial charge in [-0.3, -0.25) is 4.79 Å². The lowest BCUT2D eigenvalue weighted by atomic mass is 10.1. The number of ether oxygens (including phenoxy) is 1. The Bertz CT molecular complexity index is 217. The fourth-order valence-electron chi connectivity index (χ4n) is 1.57. The van der Waals surface area contributed by atoms with Crippen LogP contribution in [0.25, 0.3) is 0 Å². The Morgan fingerprint density at radius 3 is 2.61 bits per heavy atom. The Labute approximate surface area is 111 Å². The van der Waals surface area contributed by atoms with Crippen LogP contribution in [0.2, 0.25) is 0 Å². The van der Waals surface area contributed by atoms with Crippen molar-refractivity contribution in [3.63, 3.8) is 0 Å². The molecule has 0 aliphatic rings. The number of aliphatic hydroxyl groups excluding tert-OH is 1. The van der Waals surface area contributed by atoms with Gasteiger partial charge in [0.25, 0.3) is 0 Å². The molecule has 0 rings (SSSR count). The highest BCUT2D eigenvalue weighted by atomic mass is 16.5. The van der Waals surface area contributed by atoms with Crippen LogP contribution in [0.5, 0.6) is 0 Å². The van der Waals surface area contributed by atoms with Crippen molar-refractivity contribution < 1.29 is 14.6 Å². The molecule has 108 valence electrons. The molecule has 0 aliphatic heterocycles. The summed E-state index contributed by atoms with van der Waals surface area (Å²) in [5, 5.41) is 11.8. The molecule has 0 bridgehead atoms. The molecule has 4 nitrogen and oxygen atoms in total. The van der Waals surface area contributed by atoms with Crippen LogP contribution in [0.15, 0.2) is 0 Å². The number of nitrogens with one attached hydrogen (secondary N) is 1. The van der Waals surface area contributed by atoms with Crippen LogP contribution in [0.3, 0.4) is 0 Å². The summed E-state index contributed by atoms with van der Waals surface area (Å²) >= 11 is 0.